The number of hydrogen-bond donors (Lipinski definition) is 2. The van der Waals surface area contributed by atoms with Crippen molar-refractivity contribution in [2.75, 3.05) is 7.11 Å². The molecule has 0 radical (unpaired) electrons. The maximum Gasteiger partial charge on any atom is 0.292 e. The number of ether oxygens (including phenoxy) is 1. The van der Waals surface area contributed by atoms with E-state index < -0.39 is 5.24 Å². The van der Waals surface area contributed by atoms with Crippen molar-refractivity contribution in [1.29, 1.82) is 0 Å². The molecule has 0 aliphatic rings. The molecule has 0 saturated carbocycles. The Hall–Kier alpha value is -1.59. The van der Waals surface area contributed by atoms with Gasteiger partial charge in [-0.05, 0) is 35.9 Å². The van der Waals surface area contributed by atoms with Crippen LogP contribution in [0.5, 0.6) is 5.75 Å². The summed E-state index contributed by atoms with van der Waals surface area (Å²) in [7, 11) is 1.61. The lowest BCUT2D eigenvalue weighted by Crippen LogP contribution is -2.77. The van der Waals surface area contributed by atoms with E-state index in [0.717, 1.165) is 11.3 Å². The Morgan fingerprint density at radius 2 is 2.12 bits per heavy atom. The highest BCUT2D eigenvalue weighted by atomic mass is 35.5. The summed E-state index contributed by atoms with van der Waals surface area (Å²) < 4.78 is 5.02. The topological polar surface area (TPSA) is 81.3 Å². The predicted octanol–water partition coefficient (Wildman–Crippen LogP) is -0.204. The largest absolute Gasteiger partial charge is 0.497 e. The van der Waals surface area contributed by atoms with Crippen LogP contribution in [-0.2, 0) is 11.3 Å². The van der Waals surface area contributed by atoms with Gasteiger partial charge in [0.05, 0.1) is 7.11 Å². The van der Waals surface area contributed by atoms with Gasteiger partial charge in [-0.15, -0.1) is 0 Å². The number of carbonyl (C=O) groups excluding carboxylic acids is 1. The molecule has 1 rings (SSSR count). The molecule has 0 aromatic heterocycles. The summed E-state index contributed by atoms with van der Waals surface area (Å²) in [6, 6.07) is 7.51. The smallest absolute Gasteiger partial charge is 0.292 e. The lowest BCUT2D eigenvalue weighted by molar-refractivity contribution is -0.677. The van der Waals surface area contributed by atoms with E-state index in [-0.39, 0.29) is 5.84 Å². The average molecular weight is 243 g/mol. The molecule has 0 aliphatic heterocycles. The fourth-order valence-corrected chi connectivity index (χ4v) is 1.11. The molecule has 0 heterocycles. The molecule has 1 aromatic carbocycles. The number of hydrogen-bond acceptors (Lipinski definition) is 3. The van der Waals surface area contributed by atoms with Gasteiger partial charge < -0.3 is 10.5 Å². The Bertz CT molecular complexity index is 390. The highest BCUT2D eigenvalue weighted by Gasteiger charge is 2.03. The molecule has 0 amide bonds. The van der Waals surface area contributed by atoms with Gasteiger partial charge in [0.25, 0.3) is 5.24 Å². The molecule has 0 fully saturated rings. The molecule has 0 bridgehead atoms. The Morgan fingerprint density at radius 1 is 1.50 bits per heavy atom. The fourth-order valence-electron chi connectivity index (χ4n) is 1.06. The lowest BCUT2D eigenvalue weighted by Gasteiger charge is -2.00. The van der Waals surface area contributed by atoms with Gasteiger partial charge in [0.2, 0.25) is 5.84 Å². The van der Waals surface area contributed by atoms with E-state index >= 15 is 0 Å². The van der Waals surface area contributed by atoms with Gasteiger partial charge in [-0.3, -0.25) is 4.79 Å². The van der Waals surface area contributed by atoms with Crippen LogP contribution in [0.3, 0.4) is 0 Å². The number of amidine groups is 1. The van der Waals surface area contributed by atoms with Crippen LogP contribution >= 0.6 is 11.6 Å². The fraction of sp³-hybridized carbons (Fsp3) is 0.200. The summed E-state index contributed by atoms with van der Waals surface area (Å²) in [5.41, 5.74) is 7.82. The van der Waals surface area contributed by atoms with E-state index in [1.54, 1.807) is 7.11 Å². The zero-order chi connectivity index (χ0) is 12.0. The van der Waals surface area contributed by atoms with E-state index in [2.05, 4.69) is 5.10 Å². The molecule has 86 valence electrons. The van der Waals surface area contributed by atoms with Gasteiger partial charge >= 0.3 is 0 Å². The van der Waals surface area contributed by atoms with E-state index in [1.807, 2.05) is 24.3 Å². The summed E-state index contributed by atoms with van der Waals surface area (Å²) in [5, 5.41) is 2.97. The van der Waals surface area contributed by atoms with Gasteiger partial charge in [-0.25, -0.2) is 5.43 Å². The lowest BCUT2D eigenvalue weighted by atomic mass is 10.2. The summed E-state index contributed by atoms with van der Waals surface area (Å²) in [4.78, 5) is 10.5. The van der Waals surface area contributed by atoms with Gasteiger partial charge in [0.15, 0.2) is 0 Å². The summed E-state index contributed by atoms with van der Waals surface area (Å²) >= 11 is 5.12. The van der Waals surface area contributed by atoms with Crippen molar-refractivity contribution < 1.29 is 15.0 Å². The van der Waals surface area contributed by atoms with Crippen LogP contribution < -0.4 is 15.9 Å². The number of rotatable bonds is 5. The van der Waals surface area contributed by atoms with Crippen LogP contribution in [0, 0.1) is 0 Å². The standard InChI is InChI=1S/C10H12ClN3O2/c1-16-8-4-2-7(3-5-8)6-13-14-10(12)9(11)15/h2-5,13H,6H2,1H3,(H2,12,14)/p+1. The molecule has 0 saturated heterocycles. The minimum Gasteiger partial charge on any atom is -0.497 e. The SMILES string of the molecule is COc1ccc(C[NH2+]N=C(N)C(=O)Cl)cc1. The minimum atomic E-state index is -0.744. The number of quaternary nitrogens is 1. The third-order valence-electron chi connectivity index (χ3n) is 1.92. The number of nitrogens with two attached hydrogens (primary N) is 2. The first-order valence-corrected chi connectivity index (χ1v) is 4.99. The van der Waals surface area contributed by atoms with Gasteiger partial charge in [0, 0.05) is 5.56 Å². The van der Waals surface area contributed by atoms with Crippen LogP contribution in [0.2, 0.25) is 0 Å². The van der Waals surface area contributed by atoms with Crippen molar-refractivity contribution in [2.24, 2.45) is 10.8 Å². The number of carbonyl (C=O) groups is 1. The van der Waals surface area contributed by atoms with Crippen molar-refractivity contribution in [1.82, 2.24) is 0 Å². The predicted molar refractivity (Wildman–Crippen MR) is 61.1 cm³/mol. The quantitative estimate of drug-likeness (QED) is 0.247. The van der Waals surface area contributed by atoms with Gasteiger partial charge in [0.1, 0.15) is 12.3 Å². The molecule has 16 heavy (non-hydrogen) atoms. The second kappa shape index (κ2) is 6.09. The minimum absolute atomic E-state index is 0.199. The zero-order valence-electron chi connectivity index (χ0n) is 8.81. The Labute approximate surface area is 98.2 Å². The average Bonchev–Trinajstić information content (AvgIpc) is 2.29. The molecule has 5 nitrogen and oxygen atoms in total. The molecule has 1 aromatic rings. The van der Waals surface area contributed by atoms with Crippen LogP contribution in [0.4, 0.5) is 0 Å². The van der Waals surface area contributed by atoms with Crippen molar-refractivity contribution in [2.45, 2.75) is 6.54 Å². The van der Waals surface area contributed by atoms with Crippen molar-refractivity contribution in [3.05, 3.63) is 29.8 Å². The summed E-state index contributed by atoms with van der Waals surface area (Å²) in [5.74, 6) is 0.595. The first-order valence-electron chi connectivity index (χ1n) is 4.61. The molecule has 0 unspecified atom stereocenters. The number of benzene rings is 1. The molecular formula is C10H13ClN3O2+. The first-order chi connectivity index (χ1) is 7.63. The Morgan fingerprint density at radius 3 is 2.62 bits per heavy atom. The molecule has 0 atom stereocenters. The number of nitrogens with zero attached hydrogens (tertiary/aromatic N) is 1. The Balaban J connectivity index is 2.49. The van der Waals surface area contributed by atoms with Crippen molar-refractivity contribution in [3.63, 3.8) is 0 Å². The van der Waals surface area contributed by atoms with E-state index in [9.17, 15) is 4.79 Å². The third-order valence-corrected chi connectivity index (χ3v) is 2.11. The second-order valence-electron chi connectivity index (χ2n) is 3.02. The third kappa shape index (κ3) is 3.88. The van der Waals surface area contributed by atoms with Crippen LogP contribution in [-0.4, -0.2) is 18.2 Å². The first kappa shape index (κ1) is 12.5. The maximum atomic E-state index is 10.5. The van der Waals surface area contributed by atoms with E-state index in [0.29, 0.717) is 6.54 Å². The second-order valence-corrected chi connectivity index (χ2v) is 3.37. The van der Waals surface area contributed by atoms with Gasteiger partial charge in [-0.2, -0.15) is 0 Å². The van der Waals surface area contributed by atoms with Crippen LogP contribution in [0.1, 0.15) is 5.56 Å². The number of halogens is 1. The number of methoxy groups -OCH3 is 1. The van der Waals surface area contributed by atoms with Crippen LogP contribution in [0.15, 0.2) is 29.4 Å². The highest BCUT2D eigenvalue weighted by Crippen LogP contribution is 2.09. The molecule has 0 aliphatic carbocycles. The molecular weight excluding hydrogens is 230 g/mol. The monoisotopic (exact) mass is 242 g/mol. The van der Waals surface area contributed by atoms with E-state index in [1.165, 1.54) is 5.43 Å². The Kier molecular flexibility index (Phi) is 4.75. The van der Waals surface area contributed by atoms with Crippen LogP contribution in [0.25, 0.3) is 0 Å². The van der Waals surface area contributed by atoms with E-state index in [4.69, 9.17) is 22.1 Å². The van der Waals surface area contributed by atoms with Crippen molar-refractivity contribution in [3.8, 4) is 5.75 Å². The van der Waals surface area contributed by atoms with Gasteiger partial charge in [-0.1, -0.05) is 5.10 Å². The zero-order valence-corrected chi connectivity index (χ0v) is 9.57. The maximum absolute atomic E-state index is 10.5. The molecule has 0 spiro atoms. The molecule has 6 heteroatoms. The molecule has 4 N–H and O–H groups in total. The normalized spacial score (nSPS) is 11.2. The summed E-state index contributed by atoms with van der Waals surface area (Å²) in [6.07, 6.45) is 0. The highest BCUT2D eigenvalue weighted by molar-refractivity contribution is 6.81. The van der Waals surface area contributed by atoms with Crippen molar-refractivity contribution >= 4 is 22.7 Å². The summed E-state index contributed by atoms with van der Waals surface area (Å²) in [6.45, 7) is 0.578.